The molecule has 0 unspecified atom stereocenters. The Morgan fingerprint density at radius 2 is 2.00 bits per heavy atom. The van der Waals surface area contributed by atoms with Crippen LogP contribution in [0.2, 0.25) is 0 Å². The van der Waals surface area contributed by atoms with Crippen molar-refractivity contribution in [1.29, 1.82) is 0 Å². The molecule has 0 N–H and O–H groups in total. The third-order valence-electron chi connectivity index (χ3n) is 2.03. The summed E-state index contributed by atoms with van der Waals surface area (Å²) in [7, 11) is 0. The van der Waals surface area contributed by atoms with Gasteiger partial charge in [-0.3, -0.25) is 4.79 Å². The topological polar surface area (TPSA) is 35.5 Å². The van der Waals surface area contributed by atoms with Gasteiger partial charge in [-0.1, -0.05) is 20.3 Å². The van der Waals surface area contributed by atoms with Gasteiger partial charge in [0.1, 0.15) is 0 Å². The predicted octanol–water partition coefficient (Wildman–Crippen LogP) is 2.39. The summed E-state index contributed by atoms with van der Waals surface area (Å²) in [5.74, 6) is -0.164. The van der Waals surface area contributed by atoms with Crippen molar-refractivity contribution in [2.75, 3.05) is 19.8 Å². The zero-order valence-corrected chi connectivity index (χ0v) is 9.54. The van der Waals surface area contributed by atoms with Crippen LogP contribution in [0.5, 0.6) is 0 Å². The number of carbonyl (C=O) groups is 1. The van der Waals surface area contributed by atoms with Gasteiger partial charge in [0, 0.05) is 13.2 Å². The lowest BCUT2D eigenvalue weighted by atomic mass is 10.1. The highest BCUT2D eigenvalue weighted by Crippen LogP contribution is 2.04. The summed E-state index contributed by atoms with van der Waals surface area (Å²) < 4.78 is 10.3. The molecule has 0 aromatic rings. The number of hydrogen-bond acceptors (Lipinski definition) is 3. The van der Waals surface area contributed by atoms with Crippen LogP contribution in [-0.2, 0) is 14.3 Å². The first-order valence-electron chi connectivity index (χ1n) is 5.46. The largest absolute Gasteiger partial charge is 0.466 e. The Labute approximate surface area is 86.8 Å². The van der Waals surface area contributed by atoms with Crippen molar-refractivity contribution in [2.24, 2.45) is 5.92 Å². The van der Waals surface area contributed by atoms with E-state index < -0.39 is 0 Å². The van der Waals surface area contributed by atoms with Crippen LogP contribution < -0.4 is 0 Å². The minimum absolute atomic E-state index is 0.0448. The van der Waals surface area contributed by atoms with Gasteiger partial charge in [-0.25, -0.2) is 0 Å². The van der Waals surface area contributed by atoms with Crippen molar-refractivity contribution in [3.8, 4) is 0 Å². The van der Waals surface area contributed by atoms with Crippen molar-refractivity contribution in [1.82, 2.24) is 0 Å². The molecule has 84 valence electrons. The number of ether oxygens (including phenoxy) is 2. The molecule has 0 aromatic heterocycles. The zero-order valence-electron chi connectivity index (χ0n) is 9.54. The fourth-order valence-electron chi connectivity index (χ4n) is 1.01. The standard InChI is InChI=1S/C11H22O3/c1-4-6-8-13-9-7-10(3)11(12)14-5-2/h10H,4-9H2,1-3H3/t10-/m1/s1. The molecule has 3 nitrogen and oxygen atoms in total. The van der Waals surface area contributed by atoms with E-state index in [1.165, 1.54) is 0 Å². The van der Waals surface area contributed by atoms with Crippen LogP contribution in [-0.4, -0.2) is 25.8 Å². The molecule has 0 aliphatic heterocycles. The van der Waals surface area contributed by atoms with E-state index in [4.69, 9.17) is 9.47 Å². The second kappa shape index (κ2) is 9.00. The summed E-state index contributed by atoms with van der Waals surface area (Å²) in [4.78, 5) is 11.2. The van der Waals surface area contributed by atoms with Crippen molar-refractivity contribution in [2.45, 2.75) is 40.0 Å². The molecule has 0 saturated carbocycles. The Bertz CT molecular complexity index is 145. The van der Waals surface area contributed by atoms with Gasteiger partial charge in [-0.15, -0.1) is 0 Å². The maximum absolute atomic E-state index is 11.2. The van der Waals surface area contributed by atoms with Gasteiger partial charge in [0.05, 0.1) is 12.5 Å². The van der Waals surface area contributed by atoms with Gasteiger partial charge in [-0.05, 0) is 19.8 Å². The van der Waals surface area contributed by atoms with E-state index in [0.29, 0.717) is 13.2 Å². The molecule has 0 heterocycles. The van der Waals surface area contributed by atoms with E-state index in [9.17, 15) is 4.79 Å². The van der Waals surface area contributed by atoms with Gasteiger partial charge in [-0.2, -0.15) is 0 Å². The third-order valence-corrected chi connectivity index (χ3v) is 2.03. The van der Waals surface area contributed by atoms with Crippen LogP contribution in [0.4, 0.5) is 0 Å². The van der Waals surface area contributed by atoms with Crippen LogP contribution >= 0.6 is 0 Å². The van der Waals surface area contributed by atoms with E-state index in [1.54, 1.807) is 0 Å². The Balaban J connectivity index is 3.34. The first-order chi connectivity index (χ1) is 6.72. The summed E-state index contributed by atoms with van der Waals surface area (Å²) in [6.07, 6.45) is 2.99. The monoisotopic (exact) mass is 202 g/mol. The summed E-state index contributed by atoms with van der Waals surface area (Å²) in [6, 6.07) is 0. The quantitative estimate of drug-likeness (QED) is 0.448. The number of esters is 1. The summed E-state index contributed by atoms with van der Waals surface area (Å²) in [6.45, 7) is 7.74. The SMILES string of the molecule is CCCCOCC[C@@H](C)C(=O)OCC. The summed E-state index contributed by atoms with van der Waals surface area (Å²) in [5.41, 5.74) is 0. The van der Waals surface area contributed by atoms with E-state index in [-0.39, 0.29) is 11.9 Å². The Morgan fingerprint density at radius 3 is 2.57 bits per heavy atom. The summed E-state index contributed by atoms with van der Waals surface area (Å²) in [5, 5.41) is 0. The van der Waals surface area contributed by atoms with Crippen molar-refractivity contribution >= 4 is 5.97 Å². The smallest absolute Gasteiger partial charge is 0.308 e. The molecule has 0 radical (unpaired) electrons. The summed E-state index contributed by atoms with van der Waals surface area (Å²) >= 11 is 0. The molecule has 0 saturated heterocycles. The maximum Gasteiger partial charge on any atom is 0.308 e. The molecule has 0 aliphatic rings. The number of rotatable bonds is 8. The highest BCUT2D eigenvalue weighted by molar-refractivity contribution is 5.71. The minimum Gasteiger partial charge on any atom is -0.466 e. The molecule has 0 bridgehead atoms. The maximum atomic E-state index is 11.2. The minimum atomic E-state index is -0.119. The predicted molar refractivity (Wildman–Crippen MR) is 56.1 cm³/mol. The molecule has 0 amide bonds. The number of unbranched alkanes of at least 4 members (excludes halogenated alkanes) is 1. The Kier molecular flexibility index (Phi) is 8.64. The normalized spacial score (nSPS) is 12.5. The first-order valence-corrected chi connectivity index (χ1v) is 5.46. The zero-order chi connectivity index (χ0) is 10.8. The van der Waals surface area contributed by atoms with Gasteiger partial charge >= 0.3 is 5.97 Å². The van der Waals surface area contributed by atoms with Crippen LogP contribution in [0.3, 0.4) is 0 Å². The lowest BCUT2D eigenvalue weighted by molar-refractivity contribution is -0.148. The molecule has 3 heteroatoms. The van der Waals surface area contributed by atoms with E-state index in [1.807, 2.05) is 13.8 Å². The first kappa shape index (κ1) is 13.4. The molecule has 0 rings (SSSR count). The second-order valence-corrected chi connectivity index (χ2v) is 3.41. The lowest BCUT2D eigenvalue weighted by Crippen LogP contribution is -2.16. The Morgan fingerprint density at radius 1 is 1.29 bits per heavy atom. The lowest BCUT2D eigenvalue weighted by Gasteiger charge is -2.10. The average Bonchev–Trinajstić information content (AvgIpc) is 2.17. The number of hydrogen-bond donors (Lipinski definition) is 0. The molecule has 1 atom stereocenters. The fraction of sp³-hybridized carbons (Fsp3) is 0.909. The van der Waals surface area contributed by atoms with E-state index in [2.05, 4.69) is 6.92 Å². The highest BCUT2D eigenvalue weighted by atomic mass is 16.5. The molecule has 0 fully saturated rings. The second-order valence-electron chi connectivity index (χ2n) is 3.41. The Hall–Kier alpha value is -0.570. The molecular weight excluding hydrogens is 180 g/mol. The molecule has 14 heavy (non-hydrogen) atoms. The van der Waals surface area contributed by atoms with Gasteiger partial charge in [0.2, 0.25) is 0 Å². The van der Waals surface area contributed by atoms with Crippen molar-refractivity contribution < 1.29 is 14.3 Å². The van der Waals surface area contributed by atoms with Gasteiger partial charge < -0.3 is 9.47 Å². The van der Waals surface area contributed by atoms with Gasteiger partial charge in [0.15, 0.2) is 0 Å². The third kappa shape index (κ3) is 6.89. The van der Waals surface area contributed by atoms with Crippen LogP contribution in [0, 0.1) is 5.92 Å². The fourth-order valence-corrected chi connectivity index (χ4v) is 1.01. The van der Waals surface area contributed by atoms with Crippen LogP contribution in [0.1, 0.15) is 40.0 Å². The van der Waals surface area contributed by atoms with E-state index in [0.717, 1.165) is 25.9 Å². The highest BCUT2D eigenvalue weighted by Gasteiger charge is 2.12. The number of carbonyl (C=O) groups excluding carboxylic acids is 1. The molecule has 0 spiro atoms. The molecular formula is C11H22O3. The molecule has 0 aromatic carbocycles. The van der Waals surface area contributed by atoms with Crippen LogP contribution in [0.25, 0.3) is 0 Å². The van der Waals surface area contributed by atoms with Crippen LogP contribution in [0.15, 0.2) is 0 Å². The average molecular weight is 202 g/mol. The van der Waals surface area contributed by atoms with Gasteiger partial charge in [0.25, 0.3) is 0 Å². The van der Waals surface area contributed by atoms with Crippen molar-refractivity contribution in [3.05, 3.63) is 0 Å². The molecule has 0 aliphatic carbocycles. The van der Waals surface area contributed by atoms with E-state index >= 15 is 0 Å². The van der Waals surface area contributed by atoms with Crippen molar-refractivity contribution in [3.63, 3.8) is 0 Å².